The Labute approximate surface area is 81.6 Å². The molecule has 0 saturated heterocycles. The first-order valence-electron chi connectivity index (χ1n) is 4.56. The van der Waals surface area contributed by atoms with Crippen molar-refractivity contribution in [3.8, 4) is 0 Å². The van der Waals surface area contributed by atoms with Crippen LogP contribution in [-0.2, 0) is 0 Å². The number of fused-ring (bicyclic) bond motifs is 2. The van der Waals surface area contributed by atoms with Crippen LogP contribution in [0.1, 0.15) is 0 Å². The summed E-state index contributed by atoms with van der Waals surface area (Å²) in [7, 11) is 0. The van der Waals surface area contributed by atoms with Gasteiger partial charge in [0.25, 0.3) is 11.2 Å². The van der Waals surface area contributed by atoms with Gasteiger partial charge in [0, 0.05) is 12.1 Å². The third-order valence-electron chi connectivity index (χ3n) is 2.26. The summed E-state index contributed by atoms with van der Waals surface area (Å²) in [5.74, 6) is 0. The van der Waals surface area contributed by atoms with Crippen LogP contribution in [0.2, 0.25) is 0 Å². The highest BCUT2D eigenvalue weighted by Gasteiger charge is 2.01. The van der Waals surface area contributed by atoms with Crippen molar-refractivity contribution in [2.24, 2.45) is 0 Å². The van der Waals surface area contributed by atoms with Gasteiger partial charge in [-0.3, -0.25) is 4.42 Å². The lowest BCUT2D eigenvalue weighted by Crippen LogP contribution is -1.75. The lowest BCUT2D eigenvalue weighted by atomic mass is 10.1. The molecular formula is C13H8O. The molecule has 0 N–H and O–H groups in total. The summed E-state index contributed by atoms with van der Waals surface area (Å²) >= 11 is 0. The SMILES string of the molecule is [c-]1c2ccccc2[o+]c2ccccc12. The van der Waals surface area contributed by atoms with Crippen molar-refractivity contribution in [2.45, 2.75) is 0 Å². The molecule has 1 aromatic heterocycles. The van der Waals surface area contributed by atoms with Gasteiger partial charge in [0.15, 0.2) is 0 Å². The predicted molar refractivity (Wildman–Crippen MR) is 57.0 cm³/mol. The van der Waals surface area contributed by atoms with E-state index in [1.165, 1.54) is 0 Å². The van der Waals surface area contributed by atoms with E-state index in [1.807, 2.05) is 48.5 Å². The third-order valence-corrected chi connectivity index (χ3v) is 2.26. The molecule has 3 aromatic rings. The highest BCUT2D eigenvalue weighted by atomic mass is 16.3. The Hall–Kier alpha value is -1.89. The van der Waals surface area contributed by atoms with Crippen LogP contribution in [0.25, 0.3) is 21.9 Å². The van der Waals surface area contributed by atoms with E-state index in [1.54, 1.807) is 0 Å². The Morgan fingerprint density at radius 2 is 1.21 bits per heavy atom. The minimum absolute atomic E-state index is 0.881. The van der Waals surface area contributed by atoms with Gasteiger partial charge in [-0.25, -0.2) is 0 Å². The molecule has 0 aliphatic heterocycles. The van der Waals surface area contributed by atoms with Crippen LogP contribution >= 0.6 is 0 Å². The molecule has 0 atom stereocenters. The molecule has 0 fully saturated rings. The van der Waals surface area contributed by atoms with Crippen molar-refractivity contribution < 1.29 is 4.42 Å². The fourth-order valence-electron chi connectivity index (χ4n) is 1.58. The summed E-state index contributed by atoms with van der Waals surface area (Å²) in [5, 5.41) is 2.04. The molecule has 1 heteroatoms. The molecule has 14 heavy (non-hydrogen) atoms. The smallest absolute Gasteiger partial charge is 0.279 e. The summed E-state index contributed by atoms with van der Waals surface area (Å²) in [4.78, 5) is 0. The Morgan fingerprint density at radius 3 is 1.79 bits per heavy atom. The third kappa shape index (κ3) is 1.06. The minimum atomic E-state index is 0.881. The molecule has 0 aliphatic carbocycles. The number of hydrogen-bond acceptors (Lipinski definition) is 0. The monoisotopic (exact) mass is 180 g/mol. The number of rotatable bonds is 0. The second-order valence-corrected chi connectivity index (χ2v) is 3.22. The Bertz CT molecular complexity index is 494. The molecular weight excluding hydrogens is 172 g/mol. The van der Waals surface area contributed by atoms with E-state index in [0.717, 1.165) is 21.9 Å². The second-order valence-electron chi connectivity index (χ2n) is 3.22. The molecule has 0 saturated carbocycles. The van der Waals surface area contributed by atoms with Crippen LogP contribution in [0.15, 0.2) is 52.9 Å². The topological polar surface area (TPSA) is 11.3 Å². The van der Waals surface area contributed by atoms with E-state index >= 15 is 0 Å². The van der Waals surface area contributed by atoms with Gasteiger partial charge in [-0.05, 0) is 10.8 Å². The number of benzene rings is 2. The highest BCUT2D eigenvalue weighted by Crippen LogP contribution is 2.21. The number of hydrogen-bond donors (Lipinski definition) is 0. The molecule has 1 heterocycles. The highest BCUT2D eigenvalue weighted by molar-refractivity contribution is 5.88. The maximum Gasteiger partial charge on any atom is 0.286 e. The van der Waals surface area contributed by atoms with Gasteiger partial charge in [0.2, 0.25) is 0 Å². The van der Waals surface area contributed by atoms with Gasteiger partial charge >= 0.3 is 0 Å². The lowest BCUT2D eigenvalue weighted by Gasteiger charge is -1.96. The fourth-order valence-corrected chi connectivity index (χ4v) is 1.58. The van der Waals surface area contributed by atoms with Gasteiger partial charge in [-0.2, -0.15) is 0 Å². The fraction of sp³-hybridized carbons (Fsp3) is 0. The van der Waals surface area contributed by atoms with Crippen LogP contribution in [-0.4, -0.2) is 0 Å². The van der Waals surface area contributed by atoms with E-state index in [9.17, 15) is 0 Å². The standard InChI is InChI=1S/C13H8O/c1-3-7-12-10(5-1)9-11-6-2-4-8-13(11)14-12/h1-8H. The van der Waals surface area contributed by atoms with E-state index in [0.29, 0.717) is 0 Å². The zero-order valence-electron chi connectivity index (χ0n) is 7.53. The van der Waals surface area contributed by atoms with Crippen molar-refractivity contribution in [2.75, 3.05) is 0 Å². The predicted octanol–water partition coefficient (Wildman–Crippen LogP) is 3.67. The summed E-state index contributed by atoms with van der Waals surface area (Å²) in [6.45, 7) is 0. The molecule has 0 radical (unpaired) electrons. The largest absolute Gasteiger partial charge is 0.286 e. The first-order valence-corrected chi connectivity index (χ1v) is 4.56. The Kier molecular flexibility index (Phi) is 1.51. The molecule has 66 valence electrons. The molecule has 0 unspecified atom stereocenters. The average Bonchev–Trinajstić information content (AvgIpc) is 2.26. The molecule has 0 amide bonds. The Morgan fingerprint density at radius 1 is 0.714 bits per heavy atom. The summed E-state index contributed by atoms with van der Waals surface area (Å²) in [5.41, 5.74) is 1.76. The first-order chi connectivity index (χ1) is 6.93. The van der Waals surface area contributed by atoms with Gasteiger partial charge in [-0.1, -0.05) is 30.3 Å². The van der Waals surface area contributed by atoms with E-state index in [-0.39, 0.29) is 0 Å². The van der Waals surface area contributed by atoms with Crippen LogP contribution in [0, 0.1) is 6.07 Å². The molecule has 0 aliphatic rings. The molecule has 3 rings (SSSR count). The van der Waals surface area contributed by atoms with Crippen LogP contribution in [0.4, 0.5) is 0 Å². The first kappa shape index (κ1) is 7.51. The lowest BCUT2D eigenvalue weighted by molar-refractivity contribution is 0.660. The summed E-state index contributed by atoms with van der Waals surface area (Å²) < 4.78 is 5.71. The summed E-state index contributed by atoms with van der Waals surface area (Å²) in [6.07, 6.45) is 0. The van der Waals surface area contributed by atoms with Crippen molar-refractivity contribution in [1.29, 1.82) is 0 Å². The van der Waals surface area contributed by atoms with Gasteiger partial charge in [0.05, 0.1) is 0 Å². The van der Waals surface area contributed by atoms with Gasteiger partial charge in [0.1, 0.15) is 0 Å². The average molecular weight is 180 g/mol. The van der Waals surface area contributed by atoms with Crippen LogP contribution in [0.3, 0.4) is 0 Å². The van der Waals surface area contributed by atoms with Crippen molar-refractivity contribution in [3.63, 3.8) is 0 Å². The van der Waals surface area contributed by atoms with Gasteiger partial charge in [-0.15, -0.1) is 12.1 Å². The molecule has 2 aromatic carbocycles. The maximum absolute atomic E-state index is 5.71. The second kappa shape index (κ2) is 2.81. The zero-order valence-corrected chi connectivity index (χ0v) is 7.53. The molecule has 0 bridgehead atoms. The Balaban J connectivity index is 2.52. The number of para-hydroxylation sites is 2. The van der Waals surface area contributed by atoms with Crippen molar-refractivity contribution in [3.05, 3.63) is 54.6 Å². The maximum atomic E-state index is 5.71. The normalized spacial score (nSPS) is 10.9. The van der Waals surface area contributed by atoms with E-state index in [2.05, 4.69) is 6.07 Å². The summed E-state index contributed by atoms with van der Waals surface area (Å²) in [6, 6.07) is 19.2. The molecule has 0 spiro atoms. The van der Waals surface area contributed by atoms with Crippen LogP contribution < -0.4 is 0 Å². The quantitative estimate of drug-likeness (QED) is 0.292. The van der Waals surface area contributed by atoms with Gasteiger partial charge < -0.3 is 0 Å². The van der Waals surface area contributed by atoms with Crippen LogP contribution in [0.5, 0.6) is 0 Å². The van der Waals surface area contributed by atoms with E-state index < -0.39 is 0 Å². The minimum Gasteiger partial charge on any atom is -0.279 e. The van der Waals surface area contributed by atoms with Crippen molar-refractivity contribution >= 4 is 21.9 Å². The molecule has 1 nitrogen and oxygen atoms in total. The zero-order chi connectivity index (χ0) is 9.38. The van der Waals surface area contributed by atoms with Crippen molar-refractivity contribution in [1.82, 2.24) is 0 Å². The van der Waals surface area contributed by atoms with E-state index in [4.69, 9.17) is 4.42 Å².